The molecular weight excluding hydrogens is 780 g/mol. The quantitative estimate of drug-likeness (QED) is 0.124. The Hall–Kier alpha value is -3.58. The van der Waals surface area contributed by atoms with Gasteiger partial charge in [-0.15, -0.1) is 0 Å². The van der Waals surface area contributed by atoms with Crippen LogP contribution in [0.4, 0.5) is 16.2 Å². The molecule has 3 amide bonds. The summed E-state index contributed by atoms with van der Waals surface area (Å²) in [5.41, 5.74) is 9.54. The molecule has 4 heterocycles. The zero-order chi connectivity index (χ0) is 36.1. The number of likely N-dealkylation sites (tertiary alicyclic amines) is 2. The smallest absolute Gasteiger partial charge is 0.322 e. The average Bonchev–Trinajstić information content (AvgIpc) is 3.31. The van der Waals surface area contributed by atoms with Gasteiger partial charge in [-0.25, -0.2) is 9.79 Å². The number of aliphatic imine (C=N–C) groups is 1. The molecule has 0 aromatic heterocycles. The van der Waals surface area contributed by atoms with Crippen molar-refractivity contribution in [1.29, 1.82) is 5.26 Å². The van der Waals surface area contributed by atoms with E-state index in [2.05, 4.69) is 65.5 Å². The number of methoxy groups -OCH3 is 1. The Morgan fingerprint density at radius 2 is 1.67 bits per heavy atom. The van der Waals surface area contributed by atoms with E-state index in [9.17, 15) is 14.9 Å². The molecule has 0 saturated carbocycles. The Morgan fingerprint density at radius 3 is 2.31 bits per heavy atom. The third-order valence-electron chi connectivity index (χ3n) is 10.8. The van der Waals surface area contributed by atoms with E-state index in [4.69, 9.17) is 15.5 Å². The minimum Gasteiger partial charge on any atom is -0.497 e. The molecule has 15 heteroatoms. The van der Waals surface area contributed by atoms with Crippen molar-refractivity contribution < 1.29 is 14.3 Å². The van der Waals surface area contributed by atoms with Crippen LogP contribution in [0.3, 0.4) is 0 Å². The van der Waals surface area contributed by atoms with Crippen molar-refractivity contribution in [3.05, 3.63) is 50.4 Å². The van der Waals surface area contributed by atoms with Crippen molar-refractivity contribution in [2.75, 3.05) is 84.1 Å². The third-order valence-corrected chi connectivity index (χ3v) is 12.1. The number of urea groups is 1. The summed E-state index contributed by atoms with van der Waals surface area (Å²) >= 11 is 7.11. The van der Waals surface area contributed by atoms with Gasteiger partial charge in [0.1, 0.15) is 11.8 Å². The lowest BCUT2D eigenvalue weighted by atomic mass is 10.0. The van der Waals surface area contributed by atoms with Crippen LogP contribution < -0.4 is 21.1 Å². The summed E-state index contributed by atoms with van der Waals surface area (Å²) in [5, 5.41) is 15.7. The minimum atomic E-state index is -0.747. The molecule has 4 N–H and O–H groups in total. The third kappa shape index (κ3) is 8.90. The van der Waals surface area contributed by atoms with Gasteiger partial charge >= 0.3 is 6.03 Å². The molecule has 0 radical (unpaired) electrons. The highest BCUT2D eigenvalue weighted by molar-refractivity contribution is 9.11. The van der Waals surface area contributed by atoms with E-state index in [0.29, 0.717) is 69.7 Å². The van der Waals surface area contributed by atoms with Crippen LogP contribution in [-0.4, -0.2) is 134 Å². The van der Waals surface area contributed by atoms with E-state index in [0.717, 1.165) is 77.0 Å². The molecule has 0 spiro atoms. The van der Waals surface area contributed by atoms with Gasteiger partial charge in [-0.3, -0.25) is 15.0 Å². The summed E-state index contributed by atoms with van der Waals surface area (Å²) in [6.07, 6.45) is 6.85. The molecule has 3 saturated heterocycles. The number of hydrogen-bond donors (Lipinski definition) is 3. The fourth-order valence-corrected chi connectivity index (χ4v) is 9.01. The van der Waals surface area contributed by atoms with Crippen LogP contribution in [0.5, 0.6) is 5.75 Å². The summed E-state index contributed by atoms with van der Waals surface area (Å²) in [7, 11) is 3.82. The van der Waals surface area contributed by atoms with E-state index in [1.165, 1.54) is 0 Å². The van der Waals surface area contributed by atoms with Crippen LogP contribution in [0, 0.1) is 11.5 Å². The number of piperidine rings is 2. The zero-order valence-corrected chi connectivity index (χ0v) is 32.6. The highest BCUT2D eigenvalue weighted by Crippen LogP contribution is 2.31. The molecule has 3 fully saturated rings. The summed E-state index contributed by atoms with van der Waals surface area (Å²) in [6, 6.07) is 9.32. The topological polar surface area (TPSA) is 146 Å². The predicted octanol–water partition coefficient (Wildman–Crippen LogP) is 3.93. The van der Waals surface area contributed by atoms with Gasteiger partial charge in [0.2, 0.25) is 11.9 Å². The van der Waals surface area contributed by atoms with Gasteiger partial charge in [0.15, 0.2) is 6.19 Å². The molecular formula is C36H48Br2N10O3. The van der Waals surface area contributed by atoms with Gasteiger partial charge < -0.3 is 35.4 Å². The molecule has 0 aliphatic carbocycles. The molecule has 274 valence electrons. The lowest BCUT2D eigenvalue weighted by molar-refractivity contribution is -0.134. The molecule has 0 bridgehead atoms. The first-order valence-electron chi connectivity index (χ1n) is 17.8. The maximum absolute atomic E-state index is 14.3. The number of rotatable bonds is 7. The van der Waals surface area contributed by atoms with E-state index in [1.807, 2.05) is 45.0 Å². The van der Waals surface area contributed by atoms with Crippen LogP contribution in [0.1, 0.15) is 36.8 Å². The lowest BCUT2D eigenvalue weighted by Crippen LogP contribution is -2.56. The van der Waals surface area contributed by atoms with Crippen molar-refractivity contribution in [3.63, 3.8) is 0 Å². The van der Waals surface area contributed by atoms with Crippen LogP contribution in [0.2, 0.25) is 0 Å². The lowest BCUT2D eigenvalue weighted by Gasteiger charge is -2.42. The number of nitrogens with one attached hydrogen (secondary N) is 2. The number of carbonyl (C=O) groups excluding carboxylic acids is 2. The number of amides is 3. The minimum absolute atomic E-state index is 0.0311. The maximum Gasteiger partial charge on any atom is 0.322 e. The van der Waals surface area contributed by atoms with Crippen molar-refractivity contribution in [3.8, 4) is 11.9 Å². The first-order valence-corrected chi connectivity index (χ1v) is 19.4. The Morgan fingerprint density at radius 1 is 1.00 bits per heavy atom. The van der Waals surface area contributed by atoms with Crippen LogP contribution in [-0.2, 0) is 17.6 Å². The number of carbonyl (C=O) groups is 2. The first kappa shape index (κ1) is 37.2. The molecule has 6 rings (SSSR count). The number of nitrogen functional groups attached to an aromatic ring is 1. The van der Waals surface area contributed by atoms with Crippen LogP contribution in [0.15, 0.2) is 44.3 Å². The normalized spacial score (nSPS) is 20.6. The van der Waals surface area contributed by atoms with Crippen molar-refractivity contribution >= 4 is 61.1 Å². The number of piperazine rings is 1. The summed E-state index contributed by atoms with van der Waals surface area (Å²) in [5.74, 6) is 1.10. The second-order valence-corrected chi connectivity index (χ2v) is 15.6. The number of fused-ring (bicyclic) bond motifs is 1. The number of ether oxygens (including phenoxy) is 1. The average molecular weight is 829 g/mol. The second kappa shape index (κ2) is 16.8. The zero-order valence-electron chi connectivity index (χ0n) is 29.4. The van der Waals surface area contributed by atoms with Gasteiger partial charge in [0.05, 0.1) is 12.8 Å². The van der Waals surface area contributed by atoms with E-state index < -0.39 is 6.04 Å². The first-order chi connectivity index (χ1) is 24.6. The van der Waals surface area contributed by atoms with Crippen LogP contribution in [0.25, 0.3) is 0 Å². The van der Waals surface area contributed by atoms with Gasteiger partial charge in [-0.1, -0.05) is 0 Å². The van der Waals surface area contributed by atoms with E-state index in [-0.39, 0.29) is 18.0 Å². The second-order valence-electron chi connectivity index (χ2n) is 13.9. The SMILES string of the molecule is COc1ccc2c(c1)CCN(C1CCN(C(=N[C@H](Cc3cc(Br)c(N)c(Br)c3)C(=O)N3CCN(C4CCN(C)CC4)CC3)NC#N)CC1)C(=O)N2. The number of hydrogen-bond acceptors (Lipinski definition) is 8. The Labute approximate surface area is 317 Å². The van der Waals surface area contributed by atoms with E-state index in [1.54, 1.807) is 7.11 Å². The van der Waals surface area contributed by atoms with Gasteiger partial charge in [-0.2, -0.15) is 5.26 Å². The monoisotopic (exact) mass is 826 g/mol. The molecule has 4 aliphatic rings. The molecule has 2 aromatic rings. The van der Waals surface area contributed by atoms with Crippen molar-refractivity contribution in [2.45, 2.75) is 56.7 Å². The Bertz CT molecular complexity index is 1620. The summed E-state index contributed by atoms with van der Waals surface area (Å²) < 4.78 is 6.88. The largest absolute Gasteiger partial charge is 0.497 e. The number of nitriles is 1. The number of nitrogens with zero attached hydrogens (tertiary/aromatic N) is 7. The van der Waals surface area contributed by atoms with Gasteiger partial charge in [0, 0.05) is 79.0 Å². The fourth-order valence-electron chi connectivity index (χ4n) is 7.73. The maximum atomic E-state index is 14.3. The molecule has 2 aromatic carbocycles. The molecule has 1 atom stereocenters. The number of anilines is 2. The molecule has 4 aliphatic heterocycles. The van der Waals surface area contributed by atoms with Gasteiger partial charge in [-0.05, 0) is 126 Å². The van der Waals surface area contributed by atoms with Crippen molar-refractivity contribution in [2.24, 2.45) is 4.99 Å². The number of nitrogens with two attached hydrogens (primary N) is 1. The van der Waals surface area contributed by atoms with E-state index >= 15 is 0 Å². The van der Waals surface area contributed by atoms with Gasteiger partial charge in [0.25, 0.3) is 0 Å². The fraction of sp³-hybridized carbons (Fsp3) is 0.556. The van der Waals surface area contributed by atoms with Crippen molar-refractivity contribution in [1.82, 2.24) is 29.8 Å². The summed E-state index contributed by atoms with van der Waals surface area (Å²) in [6.45, 7) is 6.95. The Kier molecular flexibility index (Phi) is 12.3. The summed E-state index contributed by atoms with van der Waals surface area (Å²) in [4.78, 5) is 43.4. The highest BCUT2D eigenvalue weighted by Gasteiger charge is 2.34. The highest BCUT2D eigenvalue weighted by atomic mass is 79.9. The Balaban J connectivity index is 1.16. The standard InChI is InChI=1S/C36H48Br2N10O3/c1-44-10-6-26(7-11-44)45-15-17-46(18-16-45)34(49)32(21-24-19-29(37)33(40)30(38)20-24)42-35(41-23-39)47-12-8-27(9-13-47)48-14-5-25-22-28(51-2)3-4-31(25)43-36(48)50/h3-4,19-20,22,26-27,32H,5-18,21,40H2,1-2H3,(H,41,42)(H,43,50)/t32-/m1/s1. The molecule has 13 nitrogen and oxygen atoms in total. The molecule has 51 heavy (non-hydrogen) atoms. The number of benzene rings is 2. The predicted molar refractivity (Wildman–Crippen MR) is 206 cm³/mol. The number of halogens is 2. The van der Waals surface area contributed by atoms with Crippen LogP contribution >= 0.6 is 31.9 Å². The number of guanidine groups is 1. The molecule has 0 unspecified atom stereocenters.